The molecule has 30 heavy (non-hydrogen) atoms. The molecule has 7 heteroatoms. The lowest BCUT2D eigenvalue weighted by molar-refractivity contribution is -0.120. The average Bonchev–Trinajstić information content (AvgIpc) is 2.69. The fourth-order valence-corrected chi connectivity index (χ4v) is 5.45. The van der Waals surface area contributed by atoms with Crippen LogP contribution in [0.2, 0.25) is 0 Å². The number of amides is 1. The fourth-order valence-electron chi connectivity index (χ4n) is 3.90. The summed E-state index contributed by atoms with van der Waals surface area (Å²) >= 11 is 0. The molecule has 0 aromatic heterocycles. The van der Waals surface area contributed by atoms with Crippen LogP contribution in [0.4, 0.5) is 5.69 Å². The second-order valence-electron chi connectivity index (χ2n) is 7.90. The van der Waals surface area contributed by atoms with Gasteiger partial charge in [-0.3, -0.25) is 4.79 Å². The van der Waals surface area contributed by atoms with E-state index in [-0.39, 0.29) is 16.7 Å². The summed E-state index contributed by atoms with van der Waals surface area (Å²) in [4.78, 5) is 12.9. The number of nitrogens with zero attached hydrogens (tertiary/aromatic N) is 1. The van der Waals surface area contributed by atoms with Gasteiger partial charge in [-0.2, -0.15) is 4.31 Å². The molecule has 1 heterocycles. The summed E-state index contributed by atoms with van der Waals surface area (Å²) in [6.07, 6.45) is 1.01. The maximum Gasteiger partial charge on any atom is 0.243 e. The molecule has 0 radical (unpaired) electrons. The van der Waals surface area contributed by atoms with Crippen molar-refractivity contribution in [3.8, 4) is 5.75 Å². The molecular formula is C23H30N2O4S. The molecule has 0 bridgehead atoms. The number of hydrogen-bond acceptors (Lipinski definition) is 4. The molecule has 1 amide bonds. The number of anilines is 1. The quantitative estimate of drug-likeness (QED) is 0.750. The van der Waals surface area contributed by atoms with Gasteiger partial charge in [0.05, 0.1) is 11.5 Å². The van der Waals surface area contributed by atoms with Gasteiger partial charge in [0.15, 0.2) is 0 Å². The molecule has 6 nitrogen and oxygen atoms in total. The lowest BCUT2D eigenvalue weighted by Gasteiger charge is -2.30. The Labute approximate surface area is 179 Å². The first-order valence-corrected chi connectivity index (χ1v) is 11.8. The Bertz CT molecular complexity index is 1010. The van der Waals surface area contributed by atoms with E-state index >= 15 is 0 Å². The van der Waals surface area contributed by atoms with Crippen molar-refractivity contribution in [2.45, 2.75) is 45.4 Å². The van der Waals surface area contributed by atoms with Crippen LogP contribution < -0.4 is 10.1 Å². The van der Waals surface area contributed by atoms with E-state index in [1.54, 1.807) is 18.2 Å². The Balaban J connectivity index is 1.64. The number of rotatable bonds is 6. The van der Waals surface area contributed by atoms with Crippen molar-refractivity contribution in [3.63, 3.8) is 0 Å². The molecule has 1 N–H and O–H groups in total. The lowest BCUT2D eigenvalue weighted by atomic mass is 9.97. The molecule has 0 unspecified atom stereocenters. The van der Waals surface area contributed by atoms with Crippen LogP contribution in [0, 0.1) is 26.7 Å². The van der Waals surface area contributed by atoms with Crippen LogP contribution in [0.1, 0.15) is 36.5 Å². The summed E-state index contributed by atoms with van der Waals surface area (Å²) < 4.78 is 33.0. The van der Waals surface area contributed by atoms with Crippen LogP contribution in [0.15, 0.2) is 41.3 Å². The van der Waals surface area contributed by atoms with Crippen molar-refractivity contribution in [1.29, 1.82) is 0 Å². The second kappa shape index (κ2) is 9.18. The van der Waals surface area contributed by atoms with Crippen molar-refractivity contribution in [1.82, 2.24) is 4.31 Å². The van der Waals surface area contributed by atoms with Gasteiger partial charge in [0.25, 0.3) is 0 Å². The van der Waals surface area contributed by atoms with Crippen LogP contribution >= 0.6 is 0 Å². The number of carbonyl (C=O) groups is 1. The van der Waals surface area contributed by atoms with Gasteiger partial charge >= 0.3 is 0 Å². The third kappa shape index (κ3) is 5.02. The number of hydrogen-bond donors (Lipinski definition) is 1. The second-order valence-corrected chi connectivity index (χ2v) is 9.84. The van der Waals surface area contributed by atoms with Crippen LogP contribution in [0.25, 0.3) is 0 Å². The predicted molar refractivity (Wildman–Crippen MR) is 118 cm³/mol. The Kier molecular flexibility index (Phi) is 6.83. The largest absolute Gasteiger partial charge is 0.494 e. The third-order valence-corrected chi connectivity index (χ3v) is 7.29. The number of nitrogens with one attached hydrogen (secondary N) is 1. The number of carbonyl (C=O) groups excluding carboxylic acids is 1. The van der Waals surface area contributed by atoms with Gasteiger partial charge in [-0.15, -0.1) is 0 Å². The molecule has 3 rings (SSSR count). The zero-order chi connectivity index (χ0) is 21.9. The lowest BCUT2D eigenvalue weighted by Crippen LogP contribution is -2.41. The van der Waals surface area contributed by atoms with Crippen LogP contribution in [-0.2, 0) is 14.8 Å². The first-order chi connectivity index (χ1) is 14.2. The van der Waals surface area contributed by atoms with E-state index in [1.807, 2.05) is 39.8 Å². The summed E-state index contributed by atoms with van der Waals surface area (Å²) in [5.74, 6) is 0.450. The standard InChI is InChI=1S/C23H30N2O4S/c1-5-29-22-7-6-21(15-18(22)4)30(27,28)25-10-8-19(9-11-25)23(26)24-20-13-16(2)12-17(3)14-20/h6-7,12-15,19H,5,8-11H2,1-4H3,(H,24,26). The van der Waals surface area contributed by atoms with Gasteiger partial charge in [0, 0.05) is 24.7 Å². The van der Waals surface area contributed by atoms with E-state index in [1.165, 1.54) is 4.31 Å². The maximum atomic E-state index is 13.0. The highest BCUT2D eigenvalue weighted by Gasteiger charge is 2.32. The molecule has 1 aliphatic rings. The summed E-state index contributed by atoms with van der Waals surface area (Å²) in [6.45, 7) is 8.92. The number of ether oxygens (including phenoxy) is 1. The highest BCUT2D eigenvalue weighted by Crippen LogP contribution is 2.28. The smallest absolute Gasteiger partial charge is 0.243 e. The molecule has 1 aliphatic heterocycles. The number of benzene rings is 2. The maximum absolute atomic E-state index is 13.0. The molecular weight excluding hydrogens is 400 g/mol. The van der Waals surface area contributed by atoms with Crippen LogP contribution in [0.3, 0.4) is 0 Å². The number of piperidine rings is 1. The van der Waals surface area contributed by atoms with E-state index < -0.39 is 10.0 Å². The van der Waals surface area contributed by atoms with Gasteiger partial charge in [0.1, 0.15) is 5.75 Å². The Morgan fingerprint density at radius 1 is 1.07 bits per heavy atom. The Morgan fingerprint density at radius 3 is 2.27 bits per heavy atom. The van der Waals surface area contributed by atoms with Gasteiger partial charge in [-0.25, -0.2) is 8.42 Å². The molecule has 2 aromatic carbocycles. The molecule has 0 saturated carbocycles. The zero-order valence-corrected chi connectivity index (χ0v) is 18.9. The number of sulfonamides is 1. The summed E-state index contributed by atoms with van der Waals surface area (Å²) in [7, 11) is -3.59. The van der Waals surface area contributed by atoms with Gasteiger partial charge in [-0.1, -0.05) is 6.07 Å². The molecule has 1 saturated heterocycles. The first kappa shape index (κ1) is 22.3. The van der Waals surface area contributed by atoms with Crippen molar-refractivity contribution in [2.24, 2.45) is 5.92 Å². The fraction of sp³-hybridized carbons (Fsp3) is 0.435. The van der Waals surface area contributed by atoms with Gasteiger partial charge < -0.3 is 10.1 Å². The summed E-state index contributed by atoms with van der Waals surface area (Å²) in [6, 6.07) is 10.9. The minimum Gasteiger partial charge on any atom is -0.494 e. The van der Waals surface area contributed by atoms with E-state index in [0.29, 0.717) is 38.3 Å². The molecule has 0 aliphatic carbocycles. The first-order valence-electron chi connectivity index (χ1n) is 10.3. The van der Waals surface area contributed by atoms with E-state index in [4.69, 9.17) is 4.74 Å². The molecule has 2 aromatic rings. The zero-order valence-electron chi connectivity index (χ0n) is 18.1. The SMILES string of the molecule is CCOc1ccc(S(=O)(=O)N2CCC(C(=O)Nc3cc(C)cc(C)c3)CC2)cc1C. The topological polar surface area (TPSA) is 75.7 Å². The van der Waals surface area contributed by atoms with Crippen molar-refractivity contribution < 1.29 is 17.9 Å². The highest BCUT2D eigenvalue weighted by molar-refractivity contribution is 7.89. The predicted octanol–water partition coefficient (Wildman–Crippen LogP) is 4.05. The van der Waals surface area contributed by atoms with Crippen molar-refractivity contribution >= 4 is 21.6 Å². The molecule has 0 spiro atoms. The summed E-state index contributed by atoms with van der Waals surface area (Å²) in [5.41, 5.74) is 3.77. The minimum absolute atomic E-state index is 0.0473. The Hall–Kier alpha value is -2.38. The minimum atomic E-state index is -3.59. The average molecular weight is 431 g/mol. The summed E-state index contributed by atoms with van der Waals surface area (Å²) in [5, 5.41) is 2.98. The normalized spacial score (nSPS) is 15.7. The Morgan fingerprint density at radius 2 is 1.70 bits per heavy atom. The van der Waals surface area contributed by atoms with Crippen molar-refractivity contribution in [2.75, 3.05) is 25.0 Å². The van der Waals surface area contributed by atoms with E-state index in [9.17, 15) is 13.2 Å². The van der Waals surface area contributed by atoms with Gasteiger partial charge in [0.2, 0.25) is 15.9 Å². The highest BCUT2D eigenvalue weighted by atomic mass is 32.2. The number of aryl methyl sites for hydroxylation is 3. The van der Waals surface area contributed by atoms with E-state index in [2.05, 4.69) is 11.4 Å². The monoisotopic (exact) mass is 430 g/mol. The van der Waals surface area contributed by atoms with Crippen molar-refractivity contribution in [3.05, 3.63) is 53.1 Å². The van der Waals surface area contributed by atoms with E-state index in [0.717, 1.165) is 22.4 Å². The van der Waals surface area contributed by atoms with Crippen LogP contribution in [0.5, 0.6) is 5.75 Å². The van der Waals surface area contributed by atoms with Gasteiger partial charge in [-0.05, 0) is 87.6 Å². The third-order valence-electron chi connectivity index (χ3n) is 5.40. The molecule has 0 atom stereocenters. The molecule has 162 valence electrons. The van der Waals surface area contributed by atoms with Crippen LogP contribution in [-0.4, -0.2) is 38.3 Å². The molecule has 1 fully saturated rings.